The van der Waals surface area contributed by atoms with Crippen molar-refractivity contribution in [3.05, 3.63) is 0 Å². The van der Waals surface area contributed by atoms with Gasteiger partial charge in [-0.3, -0.25) is 13.6 Å². The van der Waals surface area contributed by atoms with E-state index in [4.69, 9.17) is 58.6 Å². The second kappa shape index (κ2) is 17.3. The Bertz CT molecular complexity index is 284. The third kappa shape index (κ3) is 16.3. The summed E-state index contributed by atoms with van der Waals surface area (Å²) in [6, 6.07) is 0. The Morgan fingerprint density at radius 1 is 0.792 bits per heavy atom. The molecular formula is C13H28Cl3O7P. The first kappa shape index (κ1) is 27.1. The van der Waals surface area contributed by atoms with Gasteiger partial charge in [0.25, 0.3) is 0 Å². The first-order chi connectivity index (χ1) is 11.3. The molecule has 148 valence electrons. The average molecular weight is 434 g/mol. The summed E-state index contributed by atoms with van der Waals surface area (Å²) < 4.78 is 32.5. The zero-order valence-electron chi connectivity index (χ0n) is 14.2. The van der Waals surface area contributed by atoms with Crippen molar-refractivity contribution in [3.8, 4) is 0 Å². The van der Waals surface area contributed by atoms with Crippen molar-refractivity contribution in [1.82, 2.24) is 0 Å². The number of hydrogen-bond acceptors (Lipinski definition) is 7. The van der Waals surface area contributed by atoms with Crippen LogP contribution < -0.4 is 0 Å². The normalized spacial score (nSPS) is 17.3. The Labute approximate surface area is 159 Å². The van der Waals surface area contributed by atoms with E-state index in [1.54, 1.807) is 20.8 Å². The highest BCUT2D eigenvalue weighted by molar-refractivity contribution is 7.48. The molecule has 3 unspecified atom stereocenters. The van der Waals surface area contributed by atoms with Crippen molar-refractivity contribution in [2.45, 2.75) is 39.1 Å². The lowest BCUT2D eigenvalue weighted by molar-refractivity contribution is 0.0583. The molecule has 0 saturated heterocycles. The SMILES string of the molecule is CC(CCl)OP(=O)(OC(C)CCl)OC(C)CCl.OCCOCCO. The van der Waals surface area contributed by atoms with Crippen LogP contribution in [0.25, 0.3) is 0 Å². The molecule has 0 saturated carbocycles. The number of alkyl halides is 3. The quantitative estimate of drug-likeness (QED) is 0.262. The van der Waals surface area contributed by atoms with Crippen LogP contribution in [0.3, 0.4) is 0 Å². The van der Waals surface area contributed by atoms with Crippen LogP contribution in [0, 0.1) is 0 Å². The Hall–Kier alpha value is 0.860. The van der Waals surface area contributed by atoms with E-state index in [2.05, 4.69) is 4.74 Å². The molecule has 7 nitrogen and oxygen atoms in total. The molecule has 0 rings (SSSR count). The van der Waals surface area contributed by atoms with E-state index < -0.39 is 26.1 Å². The van der Waals surface area contributed by atoms with Crippen LogP contribution in [0.4, 0.5) is 0 Å². The number of phosphoric ester groups is 1. The second-order valence-corrected chi connectivity index (χ2v) is 7.17. The minimum absolute atomic E-state index is 0.0278. The lowest BCUT2D eigenvalue weighted by Crippen LogP contribution is -2.19. The first-order valence-corrected chi connectivity index (χ1v) is 10.5. The van der Waals surface area contributed by atoms with Crippen molar-refractivity contribution >= 4 is 42.6 Å². The monoisotopic (exact) mass is 432 g/mol. The molecule has 2 N–H and O–H groups in total. The van der Waals surface area contributed by atoms with E-state index in [1.165, 1.54) is 0 Å². The van der Waals surface area contributed by atoms with E-state index in [0.717, 1.165) is 0 Å². The molecule has 0 aliphatic rings. The zero-order valence-corrected chi connectivity index (χ0v) is 17.4. The molecule has 0 aromatic carbocycles. The van der Waals surface area contributed by atoms with Gasteiger partial charge in [0.1, 0.15) is 0 Å². The minimum Gasteiger partial charge on any atom is -0.394 e. The zero-order chi connectivity index (χ0) is 19.0. The largest absolute Gasteiger partial charge is 0.475 e. The predicted molar refractivity (Wildman–Crippen MR) is 96.4 cm³/mol. The number of ether oxygens (including phenoxy) is 1. The highest BCUT2D eigenvalue weighted by Gasteiger charge is 2.33. The van der Waals surface area contributed by atoms with E-state index in [1.807, 2.05) is 0 Å². The van der Waals surface area contributed by atoms with Gasteiger partial charge in [0, 0.05) is 17.6 Å². The van der Waals surface area contributed by atoms with Gasteiger partial charge in [-0.05, 0) is 20.8 Å². The first-order valence-electron chi connectivity index (χ1n) is 7.41. The van der Waals surface area contributed by atoms with E-state index in [-0.39, 0.29) is 30.9 Å². The Kier molecular flexibility index (Phi) is 19.5. The van der Waals surface area contributed by atoms with Crippen molar-refractivity contribution < 1.29 is 33.1 Å². The lowest BCUT2D eigenvalue weighted by Gasteiger charge is -2.25. The number of aliphatic hydroxyl groups is 2. The maximum absolute atomic E-state index is 12.3. The third-order valence-corrected chi connectivity index (χ3v) is 5.21. The number of phosphoric acid groups is 1. The number of halogens is 3. The summed E-state index contributed by atoms with van der Waals surface area (Å²) in [7, 11) is -3.69. The molecule has 0 aromatic heterocycles. The van der Waals surface area contributed by atoms with Gasteiger partial charge >= 0.3 is 7.82 Å². The molecule has 3 atom stereocenters. The van der Waals surface area contributed by atoms with Gasteiger partial charge in [-0.25, -0.2) is 4.57 Å². The number of aliphatic hydroxyl groups excluding tert-OH is 2. The molecule has 0 fully saturated rings. The van der Waals surface area contributed by atoms with Crippen LogP contribution in [0.2, 0.25) is 0 Å². The standard InChI is InChI=1S/C9H18Cl3O4P.C4H10O3/c1-7(4-10)14-17(13,15-8(2)5-11)16-9(3)6-12;5-1-3-7-4-2-6/h7-9H,4-6H2,1-3H3;5-6H,1-4H2. The van der Waals surface area contributed by atoms with Crippen LogP contribution >= 0.6 is 42.6 Å². The smallest absolute Gasteiger partial charge is 0.394 e. The predicted octanol–water partition coefficient (Wildman–Crippen LogP) is 3.01. The second-order valence-electron chi connectivity index (χ2n) is 4.72. The van der Waals surface area contributed by atoms with Crippen LogP contribution in [-0.4, -0.2) is 72.6 Å². The van der Waals surface area contributed by atoms with Crippen LogP contribution in [0.15, 0.2) is 0 Å². The van der Waals surface area contributed by atoms with Crippen molar-refractivity contribution in [1.29, 1.82) is 0 Å². The van der Waals surface area contributed by atoms with Gasteiger partial charge in [-0.2, -0.15) is 0 Å². The highest BCUT2D eigenvalue weighted by Crippen LogP contribution is 2.52. The number of rotatable bonds is 13. The fourth-order valence-electron chi connectivity index (χ4n) is 1.05. The van der Waals surface area contributed by atoms with Crippen molar-refractivity contribution in [3.63, 3.8) is 0 Å². The molecular weight excluding hydrogens is 405 g/mol. The molecule has 0 heterocycles. The van der Waals surface area contributed by atoms with Crippen molar-refractivity contribution in [2.24, 2.45) is 0 Å². The molecule has 24 heavy (non-hydrogen) atoms. The lowest BCUT2D eigenvalue weighted by atomic mass is 10.5. The van der Waals surface area contributed by atoms with E-state index >= 15 is 0 Å². The topological polar surface area (TPSA) is 94.5 Å². The minimum atomic E-state index is -3.69. The molecule has 0 radical (unpaired) electrons. The summed E-state index contributed by atoms with van der Waals surface area (Å²) in [6.07, 6.45) is -1.35. The summed E-state index contributed by atoms with van der Waals surface area (Å²) in [5.41, 5.74) is 0. The Morgan fingerprint density at radius 2 is 1.08 bits per heavy atom. The fourth-order valence-corrected chi connectivity index (χ4v) is 3.20. The Morgan fingerprint density at radius 3 is 1.29 bits per heavy atom. The summed E-state index contributed by atoms with van der Waals surface area (Å²) in [5.74, 6) is 0.545. The van der Waals surface area contributed by atoms with Crippen molar-refractivity contribution in [2.75, 3.05) is 44.1 Å². The number of hydrogen-bond donors (Lipinski definition) is 2. The van der Waals surface area contributed by atoms with E-state index in [9.17, 15) is 4.57 Å². The average Bonchev–Trinajstić information content (AvgIpc) is 2.55. The van der Waals surface area contributed by atoms with Gasteiger partial charge in [0.2, 0.25) is 0 Å². The molecule has 0 aliphatic heterocycles. The molecule has 0 amide bonds. The van der Waals surface area contributed by atoms with E-state index in [0.29, 0.717) is 13.2 Å². The fraction of sp³-hybridized carbons (Fsp3) is 1.00. The summed E-state index contributed by atoms with van der Waals surface area (Å²) in [5, 5.41) is 16.2. The van der Waals surface area contributed by atoms with Gasteiger partial charge in [0.15, 0.2) is 0 Å². The van der Waals surface area contributed by atoms with Crippen LogP contribution in [0.1, 0.15) is 20.8 Å². The van der Waals surface area contributed by atoms with Gasteiger partial charge in [0.05, 0.1) is 44.7 Å². The summed E-state index contributed by atoms with van der Waals surface area (Å²) in [4.78, 5) is 0. The van der Waals surface area contributed by atoms with Gasteiger partial charge in [-0.15, -0.1) is 34.8 Å². The highest BCUT2D eigenvalue weighted by atomic mass is 35.5. The maximum atomic E-state index is 12.3. The summed E-state index contributed by atoms with van der Waals surface area (Å²) >= 11 is 16.8. The Balaban J connectivity index is 0. The molecule has 11 heteroatoms. The van der Waals surface area contributed by atoms with Gasteiger partial charge < -0.3 is 14.9 Å². The summed E-state index contributed by atoms with van der Waals surface area (Å²) in [6.45, 7) is 5.70. The van der Waals surface area contributed by atoms with Crippen LogP contribution in [-0.2, 0) is 22.9 Å². The molecule has 0 bridgehead atoms. The molecule has 0 aromatic rings. The van der Waals surface area contributed by atoms with Crippen LogP contribution in [0.5, 0.6) is 0 Å². The van der Waals surface area contributed by atoms with Gasteiger partial charge in [-0.1, -0.05) is 0 Å². The maximum Gasteiger partial charge on any atom is 0.475 e. The third-order valence-electron chi connectivity index (χ3n) is 2.05. The molecule has 0 aliphatic carbocycles. The molecule has 0 spiro atoms.